The lowest BCUT2D eigenvalue weighted by molar-refractivity contribution is -0.138. The lowest BCUT2D eigenvalue weighted by Gasteiger charge is -2.22. The van der Waals surface area contributed by atoms with Crippen LogP contribution in [0, 0.1) is 6.92 Å². The van der Waals surface area contributed by atoms with Crippen molar-refractivity contribution < 1.29 is 14.6 Å². The Morgan fingerprint density at radius 2 is 2.22 bits per heavy atom. The van der Waals surface area contributed by atoms with Gasteiger partial charge in [-0.2, -0.15) is 4.98 Å². The average molecular weight is 253 g/mol. The van der Waals surface area contributed by atoms with Crippen LogP contribution >= 0.6 is 0 Å². The number of hydrogen-bond donors (Lipinski definition) is 1. The third-order valence-corrected chi connectivity index (χ3v) is 2.53. The van der Waals surface area contributed by atoms with E-state index in [2.05, 4.69) is 9.97 Å². The van der Waals surface area contributed by atoms with Crippen LogP contribution in [-0.4, -0.2) is 40.7 Å². The smallest absolute Gasteiger partial charge is 0.326 e. The van der Waals surface area contributed by atoms with E-state index < -0.39 is 12.0 Å². The predicted octanol–water partition coefficient (Wildman–Crippen LogP) is 1.48. The molecule has 0 radical (unpaired) electrons. The molecule has 0 aliphatic rings. The third-order valence-electron chi connectivity index (χ3n) is 2.53. The van der Waals surface area contributed by atoms with Crippen molar-refractivity contribution in [3.63, 3.8) is 0 Å². The first-order chi connectivity index (χ1) is 8.45. The molecule has 0 aliphatic heterocycles. The lowest BCUT2D eigenvalue weighted by Crippen LogP contribution is -2.37. The van der Waals surface area contributed by atoms with Gasteiger partial charge in [-0.25, -0.2) is 9.78 Å². The number of anilines is 1. The van der Waals surface area contributed by atoms with Crippen LogP contribution in [0.5, 0.6) is 5.88 Å². The summed E-state index contributed by atoms with van der Waals surface area (Å²) in [4.78, 5) is 20.9. The van der Waals surface area contributed by atoms with Gasteiger partial charge in [0.15, 0.2) is 0 Å². The van der Waals surface area contributed by atoms with Gasteiger partial charge < -0.3 is 14.7 Å². The summed E-state index contributed by atoms with van der Waals surface area (Å²) >= 11 is 0. The summed E-state index contributed by atoms with van der Waals surface area (Å²) in [5.41, 5.74) is 0.746. The summed E-state index contributed by atoms with van der Waals surface area (Å²) in [7, 11) is 1.65. The molecule has 0 saturated heterocycles. The molecule has 0 fully saturated rings. The minimum atomic E-state index is -0.918. The van der Waals surface area contributed by atoms with Crippen molar-refractivity contribution in [2.24, 2.45) is 0 Å². The number of aliphatic carboxylic acids is 1. The minimum absolute atomic E-state index is 0.357. The van der Waals surface area contributed by atoms with Gasteiger partial charge in [0.25, 0.3) is 0 Å². The normalized spacial score (nSPS) is 12.0. The maximum Gasteiger partial charge on any atom is 0.326 e. The first-order valence-corrected chi connectivity index (χ1v) is 5.89. The van der Waals surface area contributed by atoms with Crippen LogP contribution in [0.1, 0.15) is 26.0 Å². The second-order valence-electron chi connectivity index (χ2n) is 4.12. The summed E-state index contributed by atoms with van der Waals surface area (Å²) in [6, 6.07) is 1.05. The number of nitrogens with zero attached hydrogens (tertiary/aromatic N) is 3. The summed E-state index contributed by atoms with van der Waals surface area (Å²) in [6.45, 7) is 5.99. The number of carbonyl (C=O) groups is 1. The monoisotopic (exact) mass is 253 g/mol. The van der Waals surface area contributed by atoms with E-state index in [-0.39, 0.29) is 0 Å². The number of carboxylic acids is 1. The molecule has 0 aromatic carbocycles. The highest BCUT2D eigenvalue weighted by Crippen LogP contribution is 2.16. The van der Waals surface area contributed by atoms with Crippen LogP contribution in [0.15, 0.2) is 6.07 Å². The molecule has 100 valence electrons. The first kappa shape index (κ1) is 14.2. The van der Waals surface area contributed by atoms with E-state index in [9.17, 15) is 4.79 Å². The van der Waals surface area contributed by atoms with E-state index in [1.54, 1.807) is 20.0 Å². The highest BCUT2D eigenvalue weighted by Gasteiger charge is 2.20. The zero-order valence-corrected chi connectivity index (χ0v) is 11.2. The topological polar surface area (TPSA) is 75.5 Å². The molecule has 1 N–H and O–H groups in total. The van der Waals surface area contributed by atoms with Crippen molar-refractivity contribution in [1.29, 1.82) is 0 Å². The number of ether oxygens (including phenoxy) is 1. The molecule has 1 heterocycles. The molecule has 0 aliphatic carbocycles. The maximum absolute atomic E-state index is 10.9. The largest absolute Gasteiger partial charge is 0.480 e. The van der Waals surface area contributed by atoms with Gasteiger partial charge >= 0.3 is 5.97 Å². The molecular weight excluding hydrogens is 234 g/mol. The Bertz CT molecular complexity index is 423. The van der Waals surface area contributed by atoms with E-state index in [4.69, 9.17) is 9.84 Å². The van der Waals surface area contributed by atoms with Gasteiger partial charge in [0.05, 0.1) is 6.61 Å². The summed E-state index contributed by atoms with van der Waals surface area (Å²) in [6.07, 6.45) is 0.889. The van der Waals surface area contributed by atoms with Gasteiger partial charge in [-0.1, -0.05) is 6.92 Å². The van der Waals surface area contributed by atoms with Crippen molar-refractivity contribution in [2.75, 3.05) is 18.6 Å². The standard InChI is InChI=1S/C12H19N3O3/c1-5-6-18-10-7-8(2)13-12(14-10)15(4)9(3)11(16)17/h7,9H,5-6H2,1-4H3,(H,16,17). The third kappa shape index (κ3) is 3.58. The van der Waals surface area contributed by atoms with Crippen molar-refractivity contribution in [2.45, 2.75) is 33.2 Å². The molecule has 1 unspecified atom stereocenters. The summed E-state index contributed by atoms with van der Waals surface area (Å²) in [5.74, 6) is -0.0848. The second kappa shape index (κ2) is 6.18. The fourth-order valence-corrected chi connectivity index (χ4v) is 1.30. The molecule has 1 aromatic heterocycles. The quantitative estimate of drug-likeness (QED) is 0.827. The number of carboxylic acid groups (broad SMARTS) is 1. The Balaban J connectivity index is 2.94. The van der Waals surface area contributed by atoms with E-state index in [1.165, 1.54) is 4.90 Å². The number of rotatable bonds is 6. The average Bonchev–Trinajstić information content (AvgIpc) is 2.33. The molecule has 6 nitrogen and oxygen atoms in total. The molecule has 0 bridgehead atoms. The Morgan fingerprint density at radius 3 is 2.78 bits per heavy atom. The van der Waals surface area contributed by atoms with E-state index in [1.807, 2.05) is 13.8 Å². The summed E-state index contributed by atoms with van der Waals surface area (Å²) in [5, 5.41) is 8.97. The van der Waals surface area contributed by atoms with Crippen LogP contribution in [0.4, 0.5) is 5.95 Å². The van der Waals surface area contributed by atoms with E-state index in [0.717, 1.165) is 12.1 Å². The molecule has 0 saturated carbocycles. The van der Waals surface area contributed by atoms with Crippen LogP contribution in [0.25, 0.3) is 0 Å². The number of aromatic nitrogens is 2. The van der Waals surface area contributed by atoms with Gasteiger partial charge in [-0.15, -0.1) is 0 Å². The maximum atomic E-state index is 10.9. The van der Waals surface area contributed by atoms with Gasteiger partial charge in [-0.3, -0.25) is 0 Å². The van der Waals surface area contributed by atoms with Crippen LogP contribution in [-0.2, 0) is 4.79 Å². The minimum Gasteiger partial charge on any atom is -0.480 e. The Kier molecular flexibility index (Phi) is 4.88. The van der Waals surface area contributed by atoms with Crippen LogP contribution in [0.3, 0.4) is 0 Å². The van der Waals surface area contributed by atoms with Gasteiger partial charge in [0, 0.05) is 18.8 Å². The van der Waals surface area contributed by atoms with Gasteiger partial charge in [0.2, 0.25) is 11.8 Å². The molecule has 0 spiro atoms. The SMILES string of the molecule is CCCOc1cc(C)nc(N(C)C(C)C(=O)O)n1. The molecule has 18 heavy (non-hydrogen) atoms. The van der Waals surface area contributed by atoms with Crippen molar-refractivity contribution in [3.05, 3.63) is 11.8 Å². The zero-order valence-electron chi connectivity index (χ0n) is 11.2. The fourth-order valence-electron chi connectivity index (χ4n) is 1.30. The van der Waals surface area contributed by atoms with Crippen LogP contribution in [0.2, 0.25) is 0 Å². The molecule has 0 amide bonds. The first-order valence-electron chi connectivity index (χ1n) is 5.89. The molecular formula is C12H19N3O3. The Labute approximate surface area is 107 Å². The van der Waals surface area contributed by atoms with E-state index in [0.29, 0.717) is 18.4 Å². The number of aryl methyl sites for hydroxylation is 1. The van der Waals surface area contributed by atoms with Crippen molar-refractivity contribution >= 4 is 11.9 Å². The zero-order chi connectivity index (χ0) is 13.7. The van der Waals surface area contributed by atoms with Crippen LogP contribution < -0.4 is 9.64 Å². The second-order valence-corrected chi connectivity index (χ2v) is 4.12. The van der Waals surface area contributed by atoms with Crippen molar-refractivity contribution in [1.82, 2.24) is 9.97 Å². The lowest BCUT2D eigenvalue weighted by atomic mass is 10.3. The molecule has 1 rings (SSSR count). The number of likely N-dealkylation sites (N-methyl/N-ethyl adjacent to an activating group) is 1. The highest BCUT2D eigenvalue weighted by atomic mass is 16.5. The van der Waals surface area contributed by atoms with Gasteiger partial charge in [-0.05, 0) is 20.3 Å². The fraction of sp³-hybridized carbons (Fsp3) is 0.583. The predicted molar refractivity (Wildman–Crippen MR) is 68.1 cm³/mol. The Hall–Kier alpha value is -1.85. The molecule has 6 heteroatoms. The van der Waals surface area contributed by atoms with E-state index >= 15 is 0 Å². The number of hydrogen-bond acceptors (Lipinski definition) is 5. The Morgan fingerprint density at radius 1 is 1.56 bits per heavy atom. The highest BCUT2D eigenvalue weighted by molar-refractivity contribution is 5.76. The molecule has 1 aromatic rings. The van der Waals surface area contributed by atoms with Crippen molar-refractivity contribution in [3.8, 4) is 5.88 Å². The van der Waals surface area contributed by atoms with Gasteiger partial charge in [0.1, 0.15) is 6.04 Å². The summed E-state index contributed by atoms with van der Waals surface area (Å²) < 4.78 is 5.44. The molecule has 1 atom stereocenters.